The largest absolute Gasteiger partial charge is 0.426 e. The Kier molecular flexibility index (Phi) is 13.3. The van der Waals surface area contributed by atoms with Gasteiger partial charge in [0.05, 0.1) is 0 Å². The van der Waals surface area contributed by atoms with E-state index in [1.807, 2.05) is 0 Å². The summed E-state index contributed by atoms with van der Waals surface area (Å²) in [7, 11) is 0. The van der Waals surface area contributed by atoms with Crippen molar-refractivity contribution in [2.75, 3.05) is 0 Å². The maximum atomic E-state index is 12.2. The van der Waals surface area contributed by atoms with E-state index in [1.165, 1.54) is 12.1 Å². The van der Waals surface area contributed by atoms with Crippen molar-refractivity contribution in [3.63, 3.8) is 0 Å². The maximum absolute atomic E-state index is 12.2. The van der Waals surface area contributed by atoms with E-state index < -0.39 is 0 Å². The Morgan fingerprint density at radius 2 is 0.968 bits per heavy atom. The lowest BCUT2D eigenvalue weighted by atomic mass is 10.1. The number of benzene rings is 1. The first-order chi connectivity index (χ1) is 14.9. The molecule has 6 nitrogen and oxygen atoms in total. The van der Waals surface area contributed by atoms with E-state index in [9.17, 15) is 14.4 Å². The van der Waals surface area contributed by atoms with Gasteiger partial charge in [-0.1, -0.05) is 59.3 Å². The van der Waals surface area contributed by atoms with Gasteiger partial charge in [0.15, 0.2) is 0 Å². The summed E-state index contributed by atoms with van der Waals surface area (Å²) in [5.41, 5.74) is 0.526. The van der Waals surface area contributed by atoms with Gasteiger partial charge < -0.3 is 14.2 Å². The molecular formula is C25H38O6. The zero-order chi connectivity index (χ0) is 23.1. The third-order valence-electron chi connectivity index (χ3n) is 4.92. The number of unbranched alkanes of at least 4 members (excludes halogenated alkanes) is 6. The van der Waals surface area contributed by atoms with Gasteiger partial charge in [-0.25, -0.2) is 0 Å². The molecule has 1 aromatic rings. The minimum atomic E-state index is -0.363. The fraction of sp³-hybridized carbons (Fsp3) is 0.640. The summed E-state index contributed by atoms with van der Waals surface area (Å²) in [5, 5.41) is 0. The number of rotatable bonds is 15. The van der Waals surface area contributed by atoms with Crippen molar-refractivity contribution in [1.82, 2.24) is 0 Å². The van der Waals surface area contributed by atoms with Gasteiger partial charge in [-0.3, -0.25) is 14.4 Å². The second-order valence-electron chi connectivity index (χ2n) is 7.84. The Hall–Kier alpha value is -2.37. The summed E-state index contributed by atoms with van der Waals surface area (Å²) in [6.07, 6.45) is 9.04. The summed E-state index contributed by atoms with van der Waals surface area (Å²) < 4.78 is 16.5. The molecule has 0 heterocycles. The number of ether oxygens (including phenoxy) is 3. The Morgan fingerprint density at radius 1 is 0.613 bits per heavy atom. The molecule has 0 aliphatic rings. The molecule has 0 saturated carbocycles. The fourth-order valence-electron chi connectivity index (χ4n) is 3.00. The second kappa shape index (κ2) is 15.4. The van der Waals surface area contributed by atoms with Gasteiger partial charge in [0.1, 0.15) is 17.2 Å². The summed E-state index contributed by atoms with van der Waals surface area (Å²) in [6, 6.07) is 3.03. The molecule has 1 rings (SSSR count). The SMILES string of the molecule is CCCCCC(=O)Oc1cc(OC(=O)CCCCC)c(C)c(OC(=O)CCCCC)c1. The standard InChI is InChI=1S/C25H38O6/c1-5-8-11-14-23(26)29-20-17-21(30-24(27)15-12-9-6-2)19(4)22(18-20)31-25(28)16-13-10-7-3/h17-18H,5-16H2,1-4H3. The van der Waals surface area contributed by atoms with E-state index >= 15 is 0 Å². The van der Waals surface area contributed by atoms with Gasteiger partial charge >= 0.3 is 17.9 Å². The monoisotopic (exact) mass is 434 g/mol. The molecule has 0 unspecified atom stereocenters. The van der Waals surface area contributed by atoms with E-state index in [2.05, 4.69) is 20.8 Å². The van der Waals surface area contributed by atoms with Crippen LogP contribution < -0.4 is 14.2 Å². The van der Waals surface area contributed by atoms with Crippen molar-refractivity contribution in [3.8, 4) is 17.2 Å². The van der Waals surface area contributed by atoms with Gasteiger partial charge in [0.2, 0.25) is 0 Å². The van der Waals surface area contributed by atoms with E-state index in [1.54, 1.807) is 6.92 Å². The van der Waals surface area contributed by atoms with Crippen LogP contribution in [0.25, 0.3) is 0 Å². The molecule has 0 atom stereocenters. The average molecular weight is 435 g/mol. The topological polar surface area (TPSA) is 78.9 Å². The number of hydrogen-bond donors (Lipinski definition) is 0. The first-order valence-electron chi connectivity index (χ1n) is 11.7. The number of esters is 3. The molecule has 6 heteroatoms. The van der Waals surface area contributed by atoms with E-state index in [0.717, 1.165) is 57.8 Å². The molecule has 0 amide bonds. The Bertz CT molecular complexity index is 665. The second-order valence-corrected chi connectivity index (χ2v) is 7.84. The maximum Gasteiger partial charge on any atom is 0.311 e. The Morgan fingerprint density at radius 3 is 1.32 bits per heavy atom. The van der Waals surface area contributed by atoms with Crippen LogP contribution in [0.2, 0.25) is 0 Å². The molecule has 0 aliphatic heterocycles. The molecule has 0 bridgehead atoms. The predicted octanol–water partition coefficient (Wildman–Crippen LogP) is 6.45. The minimum absolute atomic E-state index is 0.208. The van der Waals surface area contributed by atoms with Gasteiger partial charge in [-0.2, -0.15) is 0 Å². The summed E-state index contributed by atoms with van der Waals surface area (Å²) in [4.78, 5) is 36.6. The van der Waals surface area contributed by atoms with Gasteiger partial charge in [0, 0.05) is 37.0 Å². The highest BCUT2D eigenvalue weighted by Crippen LogP contribution is 2.34. The number of carbonyl (C=O) groups excluding carboxylic acids is 3. The van der Waals surface area contributed by atoms with Crippen molar-refractivity contribution in [3.05, 3.63) is 17.7 Å². The highest BCUT2D eigenvalue weighted by atomic mass is 16.6. The molecule has 1 aromatic carbocycles. The predicted molar refractivity (Wildman–Crippen MR) is 121 cm³/mol. The smallest absolute Gasteiger partial charge is 0.311 e. The van der Waals surface area contributed by atoms with Gasteiger partial charge in [0.25, 0.3) is 0 Å². The Balaban J connectivity index is 2.97. The lowest BCUT2D eigenvalue weighted by Crippen LogP contribution is -2.13. The van der Waals surface area contributed by atoms with Crippen LogP contribution >= 0.6 is 0 Å². The van der Waals surface area contributed by atoms with Crippen molar-refractivity contribution >= 4 is 17.9 Å². The first kappa shape index (κ1) is 26.7. The van der Waals surface area contributed by atoms with Crippen molar-refractivity contribution in [1.29, 1.82) is 0 Å². The van der Waals surface area contributed by atoms with Crippen LogP contribution in [0.15, 0.2) is 12.1 Å². The highest BCUT2D eigenvalue weighted by molar-refractivity contribution is 5.77. The zero-order valence-electron chi connectivity index (χ0n) is 19.6. The molecule has 0 saturated heterocycles. The van der Waals surface area contributed by atoms with Crippen molar-refractivity contribution in [2.24, 2.45) is 0 Å². The van der Waals surface area contributed by atoms with Gasteiger partial charge in [-0.05, 0) is 26.2 Å². The molecular weight excluding hydrogens is 396 g/mol. The van der Waals surface area contributed by atoms with E-state index in [4.69, 9.17) is 14.2 Å². The molecule has 174 valence electrons. The normalized spacial score (nSPS) is 10.6. The van der Waals surface area contributed by atoms with Crippen LogP contribution in [0.3, 0.4) is 0 Å². The quantitative estimate of drug-likeness (QED) is 0.179. The number of carbonyl (C=O) groups is 3. The Labute approximate surface area is 186 Å². The van der Waals surface area contributed by atoms with Crippen LogP contribution in [0, 0.1) is 6.92 Å². The van der Waals surface area contributed by atoms with Crippen LogP contribution in [0.5, 0.6) is 17.2 Å². The summed E-state index contributed by atoms with van der Waals surface area (Å²) in [6.45, 7) is 7.91. The van der Waals surface area contributed by atoms with Crippen LogP contribution in [0.4, 0.5) is 0 Å². The summed E-state index contributed by atoms with van der Waals surface area (Å²) >= 11 is 0. The molecule has 0 aromatic heterocycles. The van der Waals surface area contributed by atoms with Crippen LogP contribution in [-0.2, 0) is 14.4 Å². The lowest BCUT2D eigenvalue weighted by Gasteiger charge is -2.14. The van der Waals surface area contributed by atoms with Crippen LogP contribution in [-0.4, -0.2) is 17.9 Å². The molecule has 0 aliphatic carbocycles. The summed E-state index contributed by atoms with van der Waals surface area (Å²) in [5.74, 6) is -0.377. The molecule has 0 N–H and O–H groups in total. The third kappa shape index (κ3) is 11.0. The minimum Gasteiger partial charge on any atom is -0.426 e. The molecule has 0 fully saturated rings. The highest BCUT2D eigenvalue weighted by Gasteiger charge is 2.18. The third-order valence-corrected chi connectivity index (χ3v) is 4.92. The fourth-order valence-corrected chi connectivity index (χ4v) is 3.00. The van der Waals surface area contributed by atoms with Crippen molar-refractivity contribution in [2.45, 2.75) is 105 Å². The molecule has 31 heavy (non-hydrogen) atoms. The van der Waals surface area contributed by atoms with Gasteiger partial charge in [-0.15, -0.1) is 0 Å². The molecule has 0 radical (unpaired) electrons. The lowest BCUT2D eigenvalue weighted by molar-refractivity contribution is -0.135. The number of hydrogen-bond acceptors (Lipinski definition) is 6. The zero-order valence-corrected chi connectivity index (χ0v) is 19.6. The van der Waals surface area contributed by atoms with Crippen LogP contribution in [0.1, 0.15) is 103 Å². The van der Waals surface area contributed by atoms with E-state index in [0.29, 0.717) is 24.8 Å². The van der Waals surface area contributed by atoms with E-state index in [-0.39, 0.29) is 35.2 Å². The average Bonchev–Trinajstić information content (AvgIpc) is 2.72. The van der Waals surface area contributed by atoms with Crippen molar-refractivity contribution < 1.29 is 28.6 Å². The molecule has 0 spiro atoms. The first-order valence-corrected chi connectivity index (χ1v) is 11.7.